The summed E-state index contributed by atoms with van der Waals surface area (Å²) in [5.41, 5.74) is 4.07. The van der Waals surface area contributed by atoms with Crippen molar-refractivity contribution < 1.29 is 14.3 Å². The average molecular weight is 350 g/mol. The largest absolute Gasteiger partial charge is 0.497 e. The molecule has 2 aromatic carbocycles. The molecule has 0 N–H and O–H groups in total. The molecule has 0 unspecified atom stereocenters. The highest BCUT2D eigenvalue weighted by atomic mass is 16.5. The van der Waals surface area contributed by atoms with Crippen LogP contribution in [0.1, 0.15) is 32.9 Å². The highest BCUT2D eigenvalue weighted by Gasteiger charge is 2.20. The van der Waals surface area contributed by atoms with E-state index in [0.29, 0.717) is 17.8 Å². The Labute approximate surface area is 153 Å². The molecule has 0 radical (unpaired) electrons. The van der Waals surface area contributed by atoms with Gasteiger partial charge in [0.1, 0.15) is 17.9 Å². The maximum absolute atomic E-state index is 12.5. The van der Waals surface area contributed by atoms with Crippen LogP contribution in [0.4, 0.5) is 0 Å². The molecule has 0 aliphatic rings. The SMILES string of the molecule is COc1ccc(COC(=O)c2c(C)nn(Cc3ccccc3)c2C)cc1. The van der Waals surface area contributed by atoms with E-state index < -0.39 is 0 Å². The van der Waals surface area contributed by atoms with Gasteiger partial charge in [-0.15, -0.1) is 0 Å². The van der Waals surface area contributed by atoms with Crippen LogP contribution in [-0.2, 0) is 17.9 Å². The lowest BCUT2D eigenvalue weighted by Crippen LogP contribution is -2.09. The molecule has 1 heterocycles. The number of rotatable bonds is 6. The Morgan fingerprint density at radius 3 is 2.35 bits per heavy atom. The summed E-state index contributed by atoms with van der Waals surface area (Å²) in [6.07, 6.45) is 0. The minimum absolute atomic E-state index is 0.214. The van der Waals surface area contributed by atoms with Gasteiger partial charge in [-0.3, -0.25) is 4.68 Å². The van der Waals surface area contributed by atoms with Crippen LogP contribution in [0.25, 0.3) is 0 Å². The molecule has 0 aliphatic heterocycles. The number of carbonyl (C=O) groups is 1. The quantitative estimate of drug-likeness (QED) is 0.633. The van der Waals surface area contributed by atoms with Crippen molar-refractivity contribution in [1.29, 1.82) is 0 Å². The van der Waals surface area contributed by atoms with E-state index in [0.717, 1.165) is 22.6 Å². The van der Waals surface area contributed by atoms with Gasteiger partial charge in [0.2, 0.25) is 0 Å². The first-order valence-corrected chi connectivity index (χ1v) is 8.46. The molecule has 0 spiro atoms. The van der Waals surface area contributed by atoms with Crippen LogP contribution in [0.15, 0.2) is 54.6 Å². The average Bonchev–Trinajstić information content (AvgIpc) is 2.94. The van der Waals surface area contributed by atoms with E-state index in [1.807, 2.05) is 73.1 Å². The zero-order valence-corrected chi connectivity index (χ0v) is 15.2. The number of ether oxygens (including phenoxy) is 2. The number of methoxy groups -OCH3 is 1. The third kappa shape index (κ3) is 3.94. The van der Waals surface area contributed by atoms with Gasteiger partial charge in [0.25, 0.3) is 0 Å². The van der Waals surface area contributed by atoms with Crippen molar-refractivity contribution in [2.45, 2.75) is 27.0 Å². The molecule has 0 bridgehead atoms. The van der Waals surface area contributed by atoms with Crippen molar-refractivity contribution in [2.24, 2.45) is 0 Å². The van der Waals surface area contributed by atoms with Crippen LogP contribution >= 0.6 is 0 Å². The van der Waals surface area contributed by atoms with Gasteiger partial charge in [-0.05, 0) is 37.1 Å². The molecule has 0 aliphatic carbocycles. The number of esters is 1. The van der Waals surface area contributed by atoms with Crippen molar-refractivity contribution in [2.75, 3.05) is 7.11 Å². The molecular formula is C21H22N2O3. The topological polar surface area (TPSA) is 53.4 Å². The van der Waals surface area contributed by atoms with Crippen LogP contribution < -0.4 is 4.74 Å². The van der Waals surface area contributed by atoms with E-state index in [2.05, 4.69) is 5.10 Å². The fourth-order valence-corrected chi connectivity index (χ4v) is 2.85. The number of benzene rings is 2. The predicted octanol–water partition coefficient (Wildman–Crippen LogP) is 3.91. The molecule has 5 heteroatoms. The van der Waals surface area contributed by atoms with Gasteiger partial charge in [-0.25, -0.2) is 4.79 Å². The monoisotopic (exact) mass is 350 g/mol. The number of carbonyl (C=O) groups excluding carboxylic acids is 1. The van der Waals surface area contributed by atoms with Gasteiger partial charge < -0.3 is 9.47 Å². The Morgan fingerprint density at radius 1 is 1.00 bits per heavy atom. The highest BCUT2D eigenvalue weighted by Crippen LogP contribution is 2.18. The molecule has 0 saturated heterocycles. The maximum atomic E-state index is 12.5. The summed E-state index contributed by atoms with van der Waals surface area (Å²) in [6, 6.07) is 17.5. The first-order valence-electron chi connectivity index (χ1n) is 8.46. The predicted molar refractivity (Wildman–Crippen MR) is 99.4 cm³/mol. The molecule has 3 aromatic rings. The molecule has 1 aromatic heterocycles. The van der Waals surface area contributed by atoms with E-state index >= 15 is 0 Å². The van der Waals surface area contributed by atoms with Crippen LogP contribution in [-0.4, -0.2) is 22.9 Å². The molecule has 134 valence electrons. The van der Waals surface area contributed by atoms with Gasteiger partial charge >= 0.3 is 5.97 Å². The van der Waals surface area contributed by atoms with Gasteiger partial charge in [-0.1, -0.05) is 42.5 Å². The Bertz CT molecular complexity index is 884. The molecule has 5 nitrogen and oxygen atoms in total. The first kappa shape index (κ1) is 17.7. The van der Waals surface area contributed by atoms with Crippen LogP contribution in [0.5, 0.6) is 5.75 Å². The lowest BCUT2D eigenvalue weighted by Gasteiger charge is -2.07. The smallest absolute Gasteiger partial charge is 0.342 e. The molecule has 0 amide bonds. The van der Waals surface area contributed by atoms with Crippen molar-refractivity contribution in [3.8, 4) is 5.75 Å². The van der Waals surface area contributed by atoms with Gasteiger partial charge in [-0.2, -0.15) is 5.10 Å². The normalized spacial score (nSPS) is 10.6. The van der Waals surface area contributed by atoms with Crippen molar-refractivity contribution in [1.82, 2.24) is 9.78 Å². The second-order valence-electron chi connectivity index (χ2n) is 6.11. The summed E-state index contributed by atoms with van der Waals surface area (Å²) in [5, 5.41) is 4.50. The van der Waals surface area contributed by atoms with Gasteiger partial charge in [0.15, 0.2) is 0 Å². The number of nitrogens with zero attached hydrogens (tertiary/aromatic N) is 2. The third-order valence-electron chi connectivity index (χ3n) is 4.29. The Morgan fingerprint density at radius 2 is 1.69 bits per heavy atom. The molecule has 26 heavy (non-hydrogen) atoms. The molecule has 3 rings (SSSR count). The zero-order valence-electron chi connectivity index (χ0n) is 15.2. The zero-order chi connectivity index (χ0) is 18.5. The van der Waals surface area contributed by atoms with Crippen LogP contribution in [0, 0.1) is 13.8 Å². The lowest BCUT2D eigenvalue weighted by molar-refractivity contribution is 0.0471. The van der Waals surface area contributed by atoms with Crippen molar-refractivity contribution >= 4 is 5.97 Å². The van der Waals surface area contributed by atoms with Gasteiger partial charge in [0, 0.05) is 0 Å². The summed E-state index contributed by atoms with van der Waals surface area (Å²) < 4.78 is 12.5. The van der Waals surface area contributed by atoms with E-state index in [-0.39, 0.29) is 12.6 Å². The Kier molecular flexibility index (Phi) is 5.37. The molecular weight excluding hydrogens is 328 g/mol. The Hall–Kier alpha value is -3.08. The number of aryl methyl sites for hydroxylation is 1. The van der Waals surface area contributed by atoms with E-state index in [1.54, 1.807) is 7.11 Å². The van der Waals surface area contributed by atoms with E-state index in [1.165, 1.54) is 0 Å². The van der Waals surface area contributed by atoms with E-state index in [9.17, 15) is 4.79 Å². The summed E-state index contributed by atoms with van der Waals surface area (Å²) >= 11 is 0. The third-order valence-corrected chi connectivity index (χ3v) is 4.29. The van der Waals surface area contributed by atoms with Crippen molar-refractivity contribution in [3.63, 3.8) is 0 Å². The lowest BCUT2D eigenvalue weighted by atomic mass is 10.2. The molecule has 0 saturated carbocycles. The summed E-state index contributed by atoms with van der Waals surface area (Å²) in [5.74, 6) is 0.420. The minimum Gasteiger partial charge on any atom is -0.497 e. The number of hydrogen-bond donors (Lipinski definition) is 0. The fourth-order valence-electron chi connectivity index (χ4n) is 2.85. The van der Waals surface area contributed by atoms with E-state index in [4.69, 9.17) is 9.47 Å². The number of hydrogen-bond acceptors (Lipinski definition) is 4. The Balaban J connectivity index is 1.70. The second-order valence-corrected chi connectivity index (χ2v) is 6.11. The molecule has 0 fully saturated rings. The maximum Gasteiger partial charge on any atom is 0.342 e. The summed E-state index contributed by atoms with van der Waals surface area (Å²) in [6.45, 7) is 4.57. The standard InChI is InChI=1S/C21H22N2O3/c1-15-20(16(2)23(22-15)13-17-7-5-4-6-8-17)21(24)26-14-18-9-11-19(25-3)12-10-18/h4-12H,13-14H2,1-3H3. The van der Waals surface area contributed by atoms with Crippen LogP contribution in [0.3, 0.4) is 0 Å². The summed E-state index contributed by atoms with van der Waals surface area (Å²) in [4.78, 5) is 12.5. The molecule has 0 atom stereocenters. The fraction of sp³-hybridized carbons (Fsp3) is 0.238. The van der Waals surface area contributed by atoms with Gasteiger partial charge in [0.05, 0.1) is 25.0 Å². The van der Waals surface area contributed by atoms with Crippen molar-refractivity contribution in [3.05, 3.63) is 82.7 Å². The number of aromatic nitrogens is 2. The second kappa shape index (κ2) is 7.87. The summed E-state index contributed by atoms with van der Waals surface area (Å²) in [7, 11) is 1.62. The van der Waals surface area contributed by atoms with Crippen LogP contribution in [0.2, 0.25) is 0 Å². The first-order chi connectivity index (χ1) is 12.6. The minimum atomic E-state index is -0.352. The highest BCUT2D eigenvalue weighted by molar-refractivity contribution is 5.91.